The van der Waals surface area contributed by atoms with Gasteiger partial charge in [0.25, 0.3) is 0 Å². The van der Waals surface area contributed by atoms with Crippen LogP contribution in [0.1, 0.15) is 84.6 Å². The molecule has 0 aromatic heterocycles. The molecular formula is C31H49N3O4S. The fourth-order valence-electron chi connectivity index (χ4n) is 7.51. The van der Waals surface area contributed by atoms with Crippen LogP contribution in [-0.2, 0) is 26.0 Å². The maximum Gasteiger partial charge on any atom is 0.237 e. The molecule has 218 valence electrons. The van der Waals surface area contributed by atoms with Gasteiger partial charge in [-0.2, -0.15) is 0 Å². The van der Waals surface area contributed by atoms with Gasteiger partial charge in [0.05, 0.1) is 11.8 Å². The smallest absolute Gasteiger partial charge is 0.237 e. The van der Waals surface area contributed by atoms with E-state index in [0.717, 1.165) is 45.1 Å². The number of likely N-dealkylation sites (tertiary alicyclic amines) is 1. The minimum absolute atomic E-state index is 0.0487. The SMILES string of the molecule is CC(C)CC(CN1CCC[C@H]1C(=O)NCCCCc1ccccc1)NS(=O)(=O)CC12CCC(CC1=O)C2(C)C. The van der Waals surface area contributed by atoms with E-state index in [9.17, 15) is 18.0 Å². The second-order valence-corrected chi connectivity index (χ2v) is 15.0. The number of benzene rings is 1. The summed E-state index contributed by atoms with van der Waals surface area (Å²) < 4.78 is 30.1. The van der Waals surface area contributed by atoms with Gasteiger partial charge in [-0.15, -0.1) is 0 Å². The number of hydrogen-bond donors (Lipinski definition) is 2. The molecular weight excluding hydrogens is 510 g/mol. The molecule has 1 amide bonds. The molecule has 0 spiro atoms. The van der Waals surface area contributed by atoms with Crippen molar-refractivity contribution in [1.82, 2.24) is 14.9 Å². The molecule has 3 aliphatic rings. The lowest BCUT2D eigenvalue weighted by atomic mass is 9.70. The number of amides is 1. The third-order valence-corrected chi connectivity index (χ3v) is 11.4. The molecule has 1 heterocycles. The largest absolute Gasteiger partial charge is 0.355 e. The van der Waals surface area contributed by atoms with Crippen LogP contribution in [0.25, 0.3) is 0 Å². The molecule has 3 fully saturated rings. The van der Waals surface area contributed by atoms with E-state index in [4.69, 9.17) is 0 Å². The lowest BCUT2D eigenvalue weighted by Crippen LogP contribution is -2.52. The van der Waals surface area contributed by atoms with Crippen LogP contribution in [0.2, 0.25) is 0 Å². The summed E-state index contributed by atoms with van der Waals surface area (Å²) >= 11 is 0. The van der Waals surface area contributed by atoms with Gasteiger partial charge in [0.2, 0.25) is 15.9 Å². The molecule has 39 heavy (non-hydrogen) atoms. The Kier molecular flexibility index (Phi) is 9.60. The molecule has 1 saturated heterocycles. The summed E-state index contributed by atoms with van der Waals surface area (Å²) in [5, 5.41) is 3.13. The number of hydrogen-bond acceptors (Lipinski definition) is 5. The molecule has 7 nitrogen and oxygen atoms in total. The maximum absolute atomic E-state index is 13.5. The average Bonchev–Trinajstić information content (AvgIpc) is 3.46. The minimum atomic E-state index is -3.68. The van der Waals surface area contributed by atoms with Crippen LogP contribution in [0.3, 0.4) is 0 Å². The van der Waals surface area contributed by atoms with Gasteiger partial charge in [-0.25, -0.2) is 13.1 Å². The van der Waals surface area contributed by atoms with Crippen molar-refractivity contribution in [2.75, 3.05) is 25.4 Å². The van der Waals surface area contributed by atoms with Crippen molar-refractivity contribution in [2.45, 2.75) is 97.6 Å². The van der Waals surface area contributed by atoms with Crippen LogP contribution in [0, 0.1) is 22.7 Å². The van der Waals surface area contributed by atoms with E-state index in [1.807, 2.05) is 6.07 Å². The number of nitrogens with one attached hydrogen (secondary N) is 2. The van der Waals surface area contributed by atoms with Gasteiger partial charge in [-0.05, 0) is 80.7 Å². The van der Waals surface area contributed by atoms with Crippen molar-refractivity contribution in [2.24, 2.45) is 22.7 Å². The van der Waals surface area contributed by atoms with Crippen molar-refractivity contribution >= 4 is 21.7 Å². The summed E-state index contributed by atoms with van der Waals surface area (Å²) in [7, 11) is -3.68. The Balaban J connectivity index is 1.31. The summed E-state index contributed by atoms with van der Waals surface area (Å²) in [6.07, 6.45) is 7.49. The highest BCUT2D eigenvalue weighted by Crippen LogP contribution is 2.64. The summed E-state index contributed by atoms with van der Waals surface area (Å²) in [5.41, 5.74) is 0.256. The first-order valence-corrected chi connectivity index (χ1v) is 16.7. The molecule has 1 aliphatic heterocycles. The predicted octanol–water partition coefficient (Wildman–Crippen LogP) is 4.32. The molecule has 0 radical (unpaired) electrons. The Bertz CT molecular complexity index is 1100. The number of sulfonamides is 1. The molecule has 1 aromatic rings. The quantitative estimate of drug-likeness (QED) is 0.331. The Labute approximate surface area is 235 Å². The zero-order valence-corrected chi connectivity index (χ0v) is 25.2. The van der Waals surface area contributed by atoms with Crippen molar-refractivity contribution in [3.63, 3.8) is 0 Å². The first-order chi connectivity index (χ1) is 18.4. The van der Waals surface area contributed by atoms with E-state index in [-0.39, 0.29) is 40.9 Å². The van der Waals surface area contributed by atoms with Crippen LogP contribution in [0.4, 0.5) is 0 Å². The number of carbonyl (C=O) groups is 2. The Hall–Kier alpha value is -1.77. The average molecular weight is 560 g/mol. The fourth-order valence-corrected chi connectivity index (χ4v) is 9.60. The molecule has 2 saturated carbocycles. The molecule has 8 heteroatoms. The standard InChI is InChI=1S/C31H49N3O4S/c1-23(2)19-26(33-39(37,38)22-31-16-15-25(20-28(31)35)30(31,3)4)21-34-18-10-14-27(34)29(36)32-17-9-8-13-24-11-6-5-7-12-24/h5-7,11-12,23,25-27,33H,8-10,13-22H2,1-4H3,(H,32,36)/t25?,26?,27-,31?/m0/s1. The van der Waals surface area contributed by atoms with Gasteiger partial charge in [0.15, 0.2) is 0 Å². The number of rotatable bonds is 14. The van der Waals surface area contributed by atoms with E-state index in [1.165, 1.54) is 5.56 Å². The van der Waals surface area contributed by atoms with Gasteiger partial charge in [-0.1, -0.05) is 58.0 Å². The number of ketones is 1. The minimum Gasteiger partial charge on any atom is -0.355 e. The Morgan fingerprint density at radius 3 is 2.51 bits per heavy atom. The fraction of sp³-hybridized carbons (Fsp3) is 0.742. The zero-order chi connectivity index (χ0) is 28.3. The Morgan fingerprint density at radius 1 is 1.13 bits per heavy atom. The molecule has 2 aliphatic carbocycles. The van der Waals surface area contributed by atoms with Crippen LogP contribution >= 0.6 is 0 Å². The normalized spacial score (nSPS) is 27.4. The van der Waals surface area contributed by atoms with Crippen molar-refractivity contribution in [3.05, 3.63) is 35.9 Å². The highest BCUT2D eigenvalue weighted by atomic mass is 32.2. The van der Waals surface area contributed by atoms with E-state index in [1.54, 1.807) is 0 Å². The maximum atomic E-state index is 13.5. The van der Waals surface area contributed by atoms with E-state index in [2.05, 4.69) is 66.9 Å². The molecule has 1 aromatic carbocycles. The molecule has 4 rings (SSSR count). The number of carbonyl (C=O) groups excluding carboxylic acids is 2. The number of nitrogens with zero attached hydrogens (tertiary/aromatic N) is 1. The van der Waals surface area contributed by atoms with E-state index < -0.39 is 15.4 Å². The van der Waals surface area contributed by atoms with Crippen molar-refractivity contribution in [3.8, 4) is 0 Å². The first-order valence-electron chi connectivity index (χ1n) is 15.0. The van der Waals surface area contributed by atoms with Crippen molar-refractivity contribution in [1.29, 1.82) is 0 Å². The monoisotopic (exact) mass is 559 g/mol. The summed E-state index contributed by atoms with van der Waals surface area (Å²) in [6.45, 7) is 10.3. The van der Waals surface area contributed by atoms with E-state index >= 15 is 0 Å². The van der Waals surface area contributed by atoms with Gasteiger partial charge in [0.1, 0.15) is 5.78 Å². The topological polar surface area (TPSA) is 95.6 Å². The molecule has 2 bridgehead atoms. The summed E-state index contributed by atoms with van der Waals surface area (Å²) in [5.74, 6) is 0.635. The van der Waals surface area contributed by atoms with Gasteiger partial charge < -0.3 is 5.32 Å². The van der Waals surface area contributed by atoms with Crippen molar-refractivity contribution < 1.29 is 18.0 Å². The number of aryl methyl sites for hydroxylation is 1. The number of fused-ring (bicyclic) bond motifs is 2. The third-order valence-electron chi connectivity index (χ3n) is 9.83. The van der Waals surface area contributed by atoms with Crippen LogP contribution in [0.5, 0.6) is 0 Å². The zero-order valence-electron chi connectivity index (χ0n) is 24.4. The van der Waals surface area contributed by atoms with Crippen LogP contribution in [-0.4, -0.2) is 62.5 Å². The second-order valence-electron chi connectivity index (χ2n) is 13.3. The first kappa shape index (κ1) is 30.2. The van der Waals surface area contributed by atoms with Gasteiger partial charge in [-0.3, -0.25) is 14.5 Å². The van der Waals surface area contributed by atoms with Crippen LogP contribution in [0.15, 0.2) is 30.3 Å². The summed E-state index contributed by atoms with van der Waals surface area (Å²) in [6, 6.07) is 9.88. The highest BCUT2D eigenvalue weighted by molar-refractivity contribution is 7.89. The predicted molar refractivity (Wildman–Crippen MR) is 156 cm³/mol. The lowest BCUT2D eigenvalue weighted by molar-refractivity contribution is -0.128. The number of Topliss-reactive ketones (excluding diaryl/α,β-unsaturated/α-hetero) is 1. The molecule has 4 atom stereocenters. The Morgan fingerprint density at radius 2 is 1.87 bits per heavy atom. The molecule has 2 N–H and O–H groups in total. The van der Waals surface area contributed by atoms with Gasteiger partial charge in [0, 0.05) is 31.0 Å². The number of unbranched alkanes of at least 4 members (excludes halogenated alkanes) is 1. The van der Waals surface area contributed by atoms with Gasteiger partial charge >= 0.3 is 0 Å². The lowest BCUT2D eigenvalue weighted by Gasteiger charge is -2.37. The highest BCUT2D eigenvalue weighted by Gasteiger charge is 2.65. The van der Waals surface area contributed by atoms with E-state index in [0.29, 0.717) is 38.3 Å². The van der Waals surface area contributed by atoms with Crippen LogP contribution < -0.4 is 10.0 Å². The third kappa shape index (κ3) is 6.94. The second kappa shape index (κ2) is 12.4. The summed E-state index contributed by atoms with van der Waals surface area (Å²) in [4.78, 5) is 28.2. The molecule has 3 unspecified atom stereocenters.